The van der Waals surface area contributed by atoms with E-state index in [2.05, 4.69) is 10.3 Å². The molecule has 0 saturated carbocycles. The predicted molar refractivity (Wildman–Crippen MR) is 112 cm³/mol. The third-order valence-corrected chi connectivity index (χ3v) is 4.42. The van der Waals surface area contributed by atoms with Crippen LogP contribution in [0.15, 0.2) is 82.1 Å². The third kappa shape index (κ3) is 4.15. The van der Waals surface area contributed by atoms with Crippen molar-refractivity contribution in [2.75, 3.05) is 12.4 Å². The SMILES string of the molecule is COc1ccc(C(=O)Nc2cc3cccnc3oc2=O)cc1OCc1ccccc1. The van der Waals surface area contributed by atoms with Gasteiger partial charge in [-0.2, -0.15) is 0 Å². The first kappa shape index (κ1) is 19.2. The van der Waals surface area contributed by atoms with Gasteiger partial charge in [-0.1, -0.05) is 30.3 Å². The molecule has 0 atom stereocenters. The van der Waals surface area contributed by atoms with Gasteiger partial charge in [0.15, 0.2) is 11.5 Å². The van der Waals surface area contributed by atoms with Crippen LogP contribution in [0.1, 0.15) is 15.9 Å². The number of aromatic nitrogens is 1. The lowest BCUT2D eigenvalue weighted by molar-refractivity contribution is 0.102. The first-order valence-corrected chi connectivity index (χ1v) is 9.19. The number of hydrogen-bond donors (Lipinski definition) is 1. The van der Waals surface area contributed by atoms with Crippen LogP contribution in [0.4, 0.5) is 5.69 Å². The highest BCUT2D eigenvalue weighted by molar-refractivity contribution is 6.05. The topological polar surface area (TPSA) is 90.7 Å². The fourth-order valence-electron chi connectivity index (χ4n) is 2.90. The average Bonchev–Trinajstić information content (AvgIpc) is 2.78. The van der Waals surface area contributed by atoms with Crippen LogP contribution >= 0.6 is 0 Å². The van der Waals surface area contributed by atoms with Crippen molar-refractivity contribution in [1.29, 1.82) is 0 Å². The first-order chi connectivity index (χ1) is 14.6. The number of benzene rings is 2. The molecule has 1 amide bonds. The Balaban J connectivity index is 1.56. The van der Waals surface area contributed by atoms with E-state index in [9.17, 15) is 9.59 Å². The van der Waals surface area contributed by atoms with E-state index < -0.39 is 11.5 Å². The molecule has 0 fully saturated rings. The van der Waals surface area contributed by atoms with Crippen molar-refractivity contribution in [2.45, 2.75) is 6.61 Å². The highest BCUT2D eigenvalue weighted by atomic mass is 16.5. The van der Waals surface area contributed by atoms with Gasteiger partial charge in [-0.05, 0) is 42.0 Å². The van der Waals surface area contributed by atoms with Crippen molar-refractivity contribution in [2.24, 2.45) is 0 Å². The largest absolute Gasteiger partial charge is 0.493 e. The van der Waals surface area contributed by atoms with Crippen LogP contribution in [0.3, 0.4) is 0 Å². The second kappa shape index (κ2) is 8.48. The molecule has 0 aliphatic carbocycles. The molecule has 4 rings (SSSR count). The van der Waals surface area contributed by atoms with Gasteiger partial charge in [-0.25, -0.2) is 9.78 Å². The van der Waals surface area contributed by atoms with Crippen LogP contribution in [0, 0.1) is 0 Å². The zero-order valence-corrected chi connectivity index (χ0v) is 16.1. The standard InChI is InChI=1S/C23H18N2O5/c1-28-19-10-9-16(13-20(19)29-14-15-6-3-2-4-7-15)21(26)25-18-12-17-8-5-11-24-22(17)30-23(18)27/h2-13H,14H2,1H3,(H,25,26). The molecule has 2 aromatic carbocycles. The molecule has 7 nitrogen and oxygen atoms in total. The van der Waals surface area contributed by atoms with Crippen molar-refractivity contribution >= 4 is 22.7 Å². The van der Waals surface area contributed by atoms with Gasteiger partial charge in [0.25, 0.3) is 5.91 Å². The number of fused-ring (bicyclic) bond motifs is 1. The number of amides is 1. The molecule has 1 N–H and O–H groups in total. The number of anilines is 1. The van der Waals surface area contributed by atoms with Gasteiger partial charge in [-0.3, -0.25) is 4.79 Å². The van der Waals surface area contributed by atoms with Crippen molar-refractivity contribution < 1.29 is 18.7 Å². The van der Waals surface area contributed by atoms with Gasteiger partial charge in [0.05, 0.1) is 7.11 Å². The summed E-state index contributed by atoms with van der Waals surface area (Å²) in [6.07, 6.45) is 1.53. The summed E-state index contributed by atoms with van der Waals surface area (Å²) in [5, 5.41) is 3.19. The summed E-state index contributed by atoms with van der Waals surface area (Å²) >= 11 is 0. The second-order valence-corrected chi connectivity index (χ2v) is 6.44. The summed E-state index contributed by atoms with van der Waals surface area (Å²) < 4.78 is 16.3. The number of rotatable bonds is 6. The Morgan fingerprint density at radius 2 is 1.87 bits per heavy atom. The van der Waals surface area contributed by atoms with E-state index in [1.807, 2.05) is 30.3 Å². The maximum Gasteiger partial charge on any atom is 0.361 e. The zero-order valence-electron chi connectivity index (χ0n) is 16.1. The predicted octanol–water partition coefficient (Wildman–Crippen LogP) is 4.03. The highest BCUT2D eigenvalue weighted by Gasteiger charge is 2.14. The lowest BCUT2D eigenvalue weighted by atomic mass is 10.1. The molecule has 4 aromatic rings. The van der Waals surface area contributed by atoms with Gasteiger partial charge in [0, 0.05) is 17.1 Å². The van der Waals surface area contributed by atoms with Crippen molar-refractivity contribution in [3.05, 3.63) is 94.5 Å². The van der Waals surface area contributed by atoms with Gasteiger partial charge >= 0.3 is 5.63 Å². The molecular weight excluding hydrogens is 384 g/mol. The molecule has 7 heteroatoms. The number of pyridine rings is 1. The maximum absolute atomic E-state index is 12.7. The molecule has 0 bridgehead atoms. The Hall–Kier alpha value is -4.13. The molecule has 2 heterocycles. The Morgan fingerprint density at radius 1 is 1.03 bits per heavy atom. The summed E-state index contributed by atoms with van der Waals surface area (Å²) in [4.78, 5) is 28.9. The number of hydrogen-bond acceptors (Lipinski definition) is 6. The summed E-state index contributed by atoms with van der Waals surface area (Å²) in [6, 6.07) is 19.4. The molecule has 0 spiro atoms. The summed E-state index contributed by atoms with van der Waals surface area (Å²) in [5.74, 6) is 0.445. The molecule has 2 aromatic heterocycles. The van der Waals surface area contributed by atoms with E-state index in [1.54, 1.807) is 30.3 Å². The van der Waals surface area contributed by atoms with Gasteiger partial charge < -0.3 is 19.2 Å². The summed E-state index contributed by atoms with van der Waals surface area (Å²) in [6.45, 7) is 0.323. The van der Waals surface area contributed by atoms with Crippen LogP contribution in [0.25, 0.3) is 11.1 Å². The van der Waals surface area contributed by atoms with Crippen LogP contribution in [-0.2, 0) is 6.61 Å². The van der Waals surface area contributed by atoms with Gasteiger partial charge in [0.2, 0.25) is 5.71 Å². The quantitative estimate of drug-likeness (QED) is 0.524. The monoisotopic (exact) mass is 402 g/mol. The summed E-state index contributed by atoms with van der Waals surface area (Å²) in [5.41, 5.74) is 0.856. The third-order valence-electron chi connectivity index (χ3n) is 4.42. The number of ether oxygens (including phenoxy) is 2. The lowest BCUT2D eigenvalue weighted by Gasteiger charge is -2.12. The Kier molecular flexibility index (Phi) is 5.43. The number of carbonyl (C=O) groups is 1. The zero-order chi connectivity index (χ0) is 20.9. The molecule has 0 aliphatic heterocycles. The molecule has 30 heavy (non-hydrogen) atoms. The number of nitrogens with zero attached hydrogens (tertiary/aromatic N) is 1. The van der Waals surface area contributed by atoms with Crippen LogP contribution < -0.4 is 20.4 Å². The minimum absolute atomic E-state index is 0.0306. The Bertz CT molecular complexity index is 1250. The van der Waals surface area contributed by atoms with Crippen molar-refractivity contribution in [1.82, 2.24) is 4.98 Å². The fourth-order valence-corrected chi connectivity index (χ4v) is 2.90. The van der Waals surface area contributed by atoms with E-state index >= 15 is 0 Å². The Labute approximate surface area is 171 Å². The first-order valence-electron chi connectivity index (χ1n) is 9.19. The van der Waals surface area contributed by atoms with Crippen molar-refractivity contribution in [3.8, 4) is 11.5 Å². The number of methoxy groups -OCH3 is 1. The molecule has 0 saturated heterocycles. The number of nitrogens with one attached hydrogen (secondary N) is 1. The maximum atomic E-state index is 12.7. The van der Waals surface area contributed by atoms with Gasteiger partial charge in [0.1, 0.15) is 12.3 Å². The van der Waals surface area contributed by atoms with E-state index in [0.717, 1.165) is 5.56 Å². The average molecular weight is 402 g/mol. The smallest absolute Gasteiger partial charge is 0.361 e. The normalized spacial score (nSPS) is 10.6. The second-order valence-electron chi connectivity index (χ2n) is 6.44. The van der Waals surface area contributed by atoms with Crippen LogP contribution in [0.5, 0.6) is 11.5 Å². The van der Waals surface area contributed by atoms with Crippen molar-refractivity contribution in [3.63, 3.8) is 0 Å². The highest BCUT2D eigenvalue weighted by Crippen LogP contribution is 2.29. The summed E-state index contributed by atoms with van der Waals surface area (Å²) in [7, 11) is 1.53. The molecular formula is C23H18N2O5. The van der Waals surface area contributed by atoms with E-state index in [-0.39, 0.29) is 11.4 Å². The molecule has 0 aliphatic rings. The van der Waals surface area contributed by atoms with E-state index in [1.165, 1.54) is 19.4 Å². The fraction of sp³-hybridized carbons (Fsp3) is 0.0870. The molecule has 0 unspecified atom stereocenters. The van der Waals surface area contributed by atoms with Gasteiger partial charge in [-0.15, -0.1) is 0 Å². The Morgan fingerprint density at radius 3 is 2.67 bits per heavy atom. The molecule has 0 radical (unpaired) electrons. The van der Waals surface area contributed by atoms with E-state index in [4.69, 9.17) is 13.9 Å². The minimum Gasteiger partial charge on any atom is -0.493 e. The number of carbonyl (C=O) groups excluding carboxylic acids is 1. The molecule has 150 valence electrons. The lowest BCUT2D eigenvalue weighted by Crippen LogP contribution is -2.18. The van der Waals surface area contributed by atoms with Crippen LogP contribution in [-0.4, -0.2) is 18.0 Å². The van der Waals surface area contributed by atoms with E-state index in [0.29, 0.717) is 29.1 Å². The van der Waals surface area contributed by atoms with Crippen LogP contribution in [0.2, 0.25) is 0 Å². The minimum atomic E-state index is -0.677.